The molecule has 6 heteroatoms. The topological polar surface area (TPSA) is 54.5 Å². The number of hydrogen-bond acceptors (Lipinski definition) is 5. The number of thiazole rings is 1. The quantitative estimate of drug-likeness (QED) is 0.731. The standard InChI is InChI=1S/C21H21N3O2S/c25-20(18-8-6-17(7-9-18)16-4-2-1-3-5-16)23-21-22-19(15-27-21)14-24-10-12-26-13-11-24/h1-9,15H,10-14H2,(H,22,23,25). The average Bonchev–Trinajstić information content (AvgIpc) is 3.16. The molecule has 1 amide bonds. The zero-order valence-corrected chi connectivity index (χ0v) is 15.7. The molecular formula is C21H21N3O2S. The van der Waals surface area contributed by atoms with Gasteiger partial charge in [-0.15, -0.1) is 11.3 Å². The predicted molar refractivity (Wildman–Crippen MR) is 108 cm³/mol. The van der Waals surface area contributed by atoms with E-state index >= 15 is 0 Å². The Morgan fingerprint density at radius 1 is 1.04 bits per heavy atom. The van der Waals surface area contributed by atoms with Gasteiger partial charge in [-0.3, -0.25) is 15.0 Å². The molecule has 4 rings (SSSR count). The Labute approximate surface area is 162 Å². The number of nitrogens with zero attached hydrogens (tertiary/aromatic N) is 2. The van der Waals surface area contributed by atoms with Crippen molar-refractivity contribution in [2.24, 2.45) is 0 Å². The van der Waals surface area contributed by atoms with E-state index in [4.69, 9.17) is 4.74 Å². The molecule has 5 nitrogen and oxygen atoms in total. The number of benzene rings is 2. The van der Waals surface area contributed by atoms with Gasteiger partial charge in [-0.1, -0.05) is 42.5 Å². The summed E-state index contributed by atoms with van der Waals surface area (Å²) in [5.74, 6) is -0.137. The summed E-state index contributed by atoms with van der Waals surface area (Å²) >= 11 is 1.46. The highest BCUT2D eigenvalue weighted by atomic mass is 32.1. The molecule has 2 aromatic carbocycles. The van der Waals surface area contributed by atoms with E-state index in [1.165, 1.54) is 11.3 Å². The van der Waals surface area contributed by atoms with Gasteiger partial charge in [0.05, 0.1) is 18.9 Å². The van der Waals surface area contributed by atoms with Crippen LogP contribution in [0.1, 0.15) is 16.1 Å². The molecule has 0 spiro atoms. The molecular weight excluding hydrogens is 358 g/mol. The van der Waals surface area contributed by atoms with Gasteiger partial charge >= 0.3 is 0 Å². The second-order valence-electron chi connectivity index (χ2n) is 6.43. The van der Waals surface area contributed by atoms with E-state index in [1.807, 2.05) is 47.8 Å². The summed E-state index contributed by atoms with van der Waals surface area (Å²) in [5, 5.41) is 5.54. The predicted octanol–water partition coefficient (Wildman–Crippen LogP) is 3.89. The van der Waals surface area contributed by atoms with Crippen LogP contribution >= 0.6 is 11.3 Å². The van der Waals surface area contributed by atoms with Crippen molar-refractivity contribution >= 4 is 22.4 Å². The van der Waals surface area contributed by atoms with E-state index < -0.39 is 0 Å². The van der Waals surface area contributed by atoms with Crippen LogP contribution in [0.3, 0.4) is 0 Å². The number of anilines is 1. The van der Waals surface area contributed by atoms with E-state index in [-0.39, 0.29) is 5.91 Å². The van der Waals surface area contributed by atoms with E-state index in [9.17, 15) is 4.79 Å². The number of carbonyl (C=O) groups is 1. The lowest BCUT2D eigenvalue weighted by Gasteiger charge is -2.25. The summed E-state index contributed by atoms with van der Waals surface area (Å²) < 4.78 is 5.36. The largest absolute Gasteiger partial charge is 0.379 e. The molecule has 1 fully saturated rings. The lowest BCUT2D eigenvalue weighted by atomic mass is 10.0. The number of morpholine rings is 1. The average molecular weight is 379 g/mol. The number of rotatable bonds is 5. The molecule has 1 N–H and O–H groups in total. The number of carbonyl (C=O) groups excluding carboxylic acids is 1. The normalized spacial score (nSPS) is 14.8. The second kappa shape index (κ2) is 8.43. The van der Waals surface area contributed by atoms with Gasteiger partial charge in [0.1, 0.15) is 0 Å². The van der Waals surface area contributed by atoms with Crippen molar-refractivity contribution in [3.05, 3.63) is 71.2 Å². The molecule has 1 aliphatic rings. The number of nitrogens with one attached hydrogen (secondary N) is 1. The molecule has 0 atom stereocenters. The molecule has 3 aromatic rings. The molecule has 0 radical (unpaired) electrons. The van der Waals surface area contributed by atoms with Crippen LogP contribution < -0.4 is 5.32 Å². The Kier molecular flexibility index (Phi) is 5.58. The summed E-state index contributed by atoms with van der Waals surface area (Å²) in [4.78, 5) is 19.3. The smallest absolute Gasteiger partial charge is 0.257 e. The SMILES string of the molecule is O=C(Nc1nc(CN2CCOCC2)cs1)c1ccc(-c2ccccc2)cc1. The van der Waals surface area contributed by atoms with Gasteiger partial charge in [0.15, 0.2) is 5.13 Å². The molecule has 0 aliphatic carbocycles. The lowest BCUT2D eigenvalue weighted by molar-refractivity contribution is 0.0337. The third kappa shape index (κ3) is 4.60. The number of aromatic nitrogens is 1. The molecule has 1 aliphatic heterocycles. The fourth-order valence-corrected chi connectivity index (χ4v) is 3.74. The number of ether oxygens (including phenoxy) is 1. The first-order chi connectivity index (χ1) is 13.3. The Bertz CT molecular complexity index is 887. The molecule has 0 bridgehead atoms. The van der Waals surface area contributed by atoms with Gasteiger partial charge in [-0.05, 0) is 23.3 Å². The minimum atomic E-state index is -0.137. The van der Waals surface area contributed by atoms with Gasteiger partial charge in [-0.2, -0.15) is 0 Å². The van der Waals surface area contributed by atoms with Crippen LogP contribution in [-0.4, -0.2) is 42.1 Å². The van der Waals surface area contributed by atoms with Crippen molar-refractivity contribution in [3.8, 4) is 11.1 Å². The molecule has 0 unspecified atom stereocenters. The minimum Gasteiger partial charge on any atom is -0.379 e. The fourth-order valence-electron chi connectivity index (χ4n) is 3.04. The Hall–Kier alpha value is -2.54. The van der Waals surface area contributed by atoms with Crippen LogP contribution in [0.5, 0.6) is 0 Å². The van der Waals surface area contributed by atoms with Gasteiger partial charge in [0.2, 0.25) is 0 Å². The summed E-state index contributed by atoms with van der Waals surface area (Å²) in [7, 11) is 0. The monoisotopic (exact) mass is 379 g/mol. The van der Waals surface area contributed by atoms with Crippen LogP contribution in [-0.2, 0) is 11.3 Å². The molecule has 1 aromatic heterocycles. The highest BCUT2D eigenvalue weighted by molar-refractivity contribution is 7.13. The van der Waals surface area contributed by atoms with Crippen LogP contribution in [0.4, 0.5) is 5.13 Å². The summed E-state index contributed by atoms with van der Waals surface area (Å²) in [6, 6.07) is 17.7. The fraction of sp³-hybridized carbons (Fsp3) is 0.238. The zero-order valence-electron chi connectivity index (χ0n) is 14.9. The highest BCUT2D eigenvalue weighted by Gasteiger charge is 2.14. The Morgan fingerprint density at radius 3 is 2.48 bits per heavy atom. The van der Waals surface area contributed by atoms with E-state index in [0.29, 0.717) is 10.7 Å². The maximum Gasteiger partial charge on any atom is 0.257 e. The molecule has 138 valence electrons. The van der Waals surface area contributed by atoms with E-state index in [2.05, 4.69) is 27.3 Å². The van der Waals surface area contributed by atoms with Crippen LogP contribution in [0.2, 0.25) is 0 Å². The maximum atomic E-state index is 12.5. The van der Waals surface area contributed by atoms with Crippen LogP contribution in [0.25, 0.3) is 11.1 Å². The molecule has 0 saturated carbocycles. The number of hydrogen-bond donors (Lipinski definition) is 1. The molecule has 2 heterocycles. The first-order valence-corrected chi connectivity index (χ1v) is 9.87. The maximum absolute atomic E-state index is 12.5. The summed E-state index contributed by atoms with van der Waals surface area (Å²) in [6.45, 7) is 4.18. The van der Waals surface area contributed by atoms with Crippen molar-refractivity contribution in [1.29, 1.82) is 0 Å². The van der Waals surface area contributed by atoms with Crippen LogP contribution in [0, 0.1) is 0 Å². The zero-order chi connectivity index (χ0) is 18.5. The highest BCUT2D eigenvalue weighted by Crippen LogP contribution is 2.21. The van der Waals surface area contributed by atoms with Crippen molar-refractivity contribution in [2.75, 3.05) is 31.6 Å². The van der Waals surface area contributed by atoms with Gasteiger partial charge in [0, 0.05) is 30.6 Å². The second-order valence-corrected chi connectivity index (χ2v) is 7.29. The lowest BCUT2D eigenvalue weighted by Crippen LogP contribution is -2.35. The van der Waals surface area contributed by atoms with E-state index in [0.717, 1.165) is 49.7 Å². The van der Waals surface area contributed by atoms with Crippen molar-refractivity contribution in [2.45, 2.75) is 6.54 Å². The first-order valence-electron chi connectivity index (χ1n) is 8.99. The third-order valence-electron chi connectivity index (χ3n) is 4.52. The van der Waals surface area contributed by atoms with Gasteiger partial charge < -0.3 is 4.74 Å². The third-order valence-corrected chi connectivity index (χ3v) is 5.32. The van der Waals surface area contributed by atoms with Crippen molar-refractivity contribution in [1.82, 2.24) is 9.88 Å². The Balaban J connectivity index is 1.37. The van der Waals surface area contributed by atoms with Crippen molar-refractivity contribution < 1.29 is 9.53 Å². The van der Waals surface area contributed by atoms with Gasteiger partial charge in [0.25, 0.3) is 5.91 Å². The van der Waals surface area contributed by atoms with E-state index in [1.54, 1.807) is 0 Å². The number of amides is 1. The minimum absolute atomic E-state index is 0.137. The summed E-state index contributed by atoms with van der Waals surface area (Å²) in [6.07, 6.45) is 0. The molecule has 27 heavy (non-hydrogen) atoms. The first kappa shape index (κ1) is 17.9. The Morgan fingerprint density at radius 2 is 1.74 bits per heavy atom. The summed E-state index contributed by atoms with van der Waals surface area (Å²) in [5.41, 5.74) is 3.84. The van der Waals surface area contributed by atoms with Gasteiger partial charge in [-0.25, -0.2) is 4.98 Å². The molecule has 1 saturated heterocycles. The van der Waals surface area contributed by atoms with Crippen LogP contribution in [0.15, 0.2) is 60.0 Å². The van der Waals surface area contributed by atoms with Crippen molar-refractivity contribution in [3.63, 3.8) is 0 Å².